The molecule has 3 N–H and O–H groups in total. The van der Waals surface area contributed by atoms with Crippen molar-refractivity contribution in [3.63, 3.8) is 0 Å². The highest BCUT2D eigenvalue weighted by Gasteiger charge is 2.25. The zero-order chi connectivity index (χ0) is 7.84. The Kier molecular flexibility index (Phi) is 1.44. The van der Waals surface area contributed by atoms with E-state index < -0.39 is 0 Å². The third-order valence-electron chi connectivity index (χ3n) is 2.23. The van der Waals surface area contributed by atoms with Gasteiger partial charge in [0.2, 0.25) is 0 Å². The number of benzene rings is 1. The summed E-state index contributed by atoms with van der Waals surface area (Å²) < 4.78 is 0. The fourth-order valence-electron chi connectivity index (χ4n) is 1.65. The van der Waals surface area contributed by atoms with Crippen molar-refractivity contribution in [1.29, 1.82) is 0 Å². The van der Waals surface area contributed by atoms with E-state index >= 15 is 0 Å². The lowest BCUT2D eigenvalue weighted by Gasteiger charge is -2.01. The van der Waals surface area contributed by atoms with Gasteiger partial charge in [-0.15, -0.1) is 0 Å². The average Bonchev–Trinajstić information content (AvgIpc) is 2.30. The van der Waals surface area contributed by atoms with Crippen molar-refractivity contribution in [3.05, 3.63) is 35.4 Å². The second-order valence-corrected chi connectivity index (χ2v) is 2.99. The molecule has 0 radical (unpaired) electrons. The molecule has 0 spiro atoms. The van der Waals surface area contributed by atoms with E-state index in [9.17, 15) is 5.11 Å². The first-order chi connectivity index (χ1) is 5.29. The molecule has 0 heterocycles. The van der Waals surface area contributed by atoms with Gasteiger partial charge < -0.3 is 10.8 Å². The Bertz CT molecular complexity index is 245. The molecule has 0 aliphatic heterocycles. The number of fused-ring (bicyclic) bond motifs is 1. The molecule has 0 amide bonds. The minimum Gasteiger partial charge on any atom is -0.388 e. The van der Waals surface area contributed by atoms with E-state index in [1.165, 1.54) is 0 Å². The Balaban J connectivity index is 2.52. The highest BCUT2D eigenvalue weighted by molar-refractivity contribution is 5.35. The Labute approximate surface area is 65.7 Å². The van der Waals surface area contributed by atoms with E-state index in [0.717, 1.165) is 11.1 Å². The van der Waals surface area contributed by atoms with Gasteiger partial charge in [-0.3, -0.25) is 0 Å². The summed E-state index contributed by atoms with van der Waals surface area (Å²) in [4.78, 5) is 0. The number of hydrogen-bond donors (Lipinski definition) is 2. The van der Waals surface area contributed by atoms with Crippen molar-refractivity contribution in [2.75, 3.05) is 0 Å². The van der Waals surface area contributed by atoms with Crippen molar-refractivity contribution < 1.29 is 5.11 Å². The maximum atomic E-state index is 9.47. The van der Waals surface area contributed by atoms with E-state index in [1.54, 1.807) is 0 Å². The number of aliphatic hydroxyl groups is 1. The molecule has 0 bridgehead atoms. The number of nitrogens with two attached hydrogens (primary N) is 1. The van der Waals surface area contributed by atoms with Crippen LogP contribution >= 0.6 is 0 Å². The molecular formula is C9H11NO. The van der Waals surface area contributed by atoms with Crippen LogP contribution in [-0.4, -0.2) is 5.11 Å². The first kappa shape index (κ1) is 6.83. The second kappa shape index (κ2) is 2.32. The number of aliphatic hydroxyl groups excluding tert-OH is 1. The van der Waals surface area contributed by atoms with Crippen LogP contribution in [0.25, 0.3) is 0 Å². The van der Waals surface area contributed by atoms with Gasteiger partial charge in [0.05, 0.1) is 6.10 Å². The van der Waals surface area contributed by atoms with Crippen LogP contribution in [-0.2, 0) is 0 Å². The van der Waals surface area contributed by atoms with Gasteiger partial charge in [0.25, 0.3) is 0 Å². The van der Waals surface area contributed by atoms with Gasteiger partial charge in [-0.2, -0.15) is 0 Å². The van der Waals surface area contributed by atoms with Crippen molar-refractivity contribution in [2.24, 2.45) is 5.73 Å². The molecule has 1 aromatic carbocycles. The highest BCUT2D eigenvalue weighted by atomic mass is 16.3. The zero-order valence-electron chi connectivity index (χ0n) is 6.20. The van der Waals surface area contributed by atoms with Crippen LogP contribution in [0.5, 0.6) is 0 Å². The van der Waals surface area contributed by atoms with Crippen molar-refractivity contribution in [2.45, 2.75) is 18.6 Å². The van der Waals surface area contributed by atoms with Gasteiger partial charge in [0, 0.05) is 6.04 Å². The molecular weight excluding hydrogens is 138 g/mol. The van der Waals surface area contributed by atoms with Crippen LogP contribution < -0.4 is 5.73 Å². The Morgan fingerprint density at radius 1 is 1.27 bits per heavy atom. The highest BCUT2D eigenvalue weighted by Crippen LogP contribution is 2.36. The fraction of sp³-hybridized carbons (Fsp3) is 0.333. The molecule has 58 valence electrons. The van der Waals surface area contributed by atoms with Crippen LogP contribution in [0.1, 0.15) is 29.7 Å². The van der Waals surface area contributed by atoms with Gasteiger partial charge in [0.15, 0.2) is 0 Å². The molecule has 1 aromatic rings. The SMILES string of the molecule is N[C@H]1C[C@@H](O)c2ccccc21. The van der Waals surface area contributed by atoms with Gasteiger partial charge >= 0.3 is 0 Å². The zero-order valence-corrected chi connectivity index (χ0v) is 6.20. The van der Waals surface area contributed by atoms with Gasteiger partial charge in [-0.1, -0.05) is 24.3 Å². The molecule has 2 rings (SSSR count). The maximum absolute atomic E-state index is 9.47. The summed E-state index contributed by atoms with van der Waals surface area (Å²) >= 11 is 0. The van der Waals surface area contributed by atoms with E-state index in [-0.39, 0.29) is 12.1 Å². The van der Waals surface area contributed by atoms with Crippen LogP contribution in [0, 0.1) is 0 Å². The van der Waals surface area contributed by atoms with Crippen molar-refractivity contribution in [3.8, 4) is 0 Å². The lowest BCUT2D eigenvalue weighted by Crippen LogP contribution is -2.05. The first-order valence-corrected chi connectivity index (χ1v) is 3.81. The van der Waals surface area contributed by atoms with Crippen molar-refractivity contribution >= 4 is 0 Å². The molecule has 2 atom stereocenters. The van der Waals surface area contributed by atoms with Crippen LogP contribution in [0.15, 0.2) is 24.3 Å². The third-order valence-corrected chi connectivity index (χ3v) is 2.23. The van der Waals surface area contributed by atoms with E-state index in [4.69, 9.17) is 5.73 Å². The topological polar surface area (TPSA) is 46.2 Å². The van der Waals surface area contributed by atoms with Gasteiger partial charge in [-0.05, 0) is 17.5 Å². The smallest absolute Gasteiger partial charge is 0.0811 e. The minimum atomic E-state index is -0.346. The summed E-state index contributed by atoms with van der Waals surface area (Å²) in [5.41, 5.74) is 7.87. The Morgan fingerprint density at radius 3 is 2.55 bits per heavy atom. The summed E-state index contributed by atoms with van der Waals surface area (Å²) in [6.07, 6.45) is 0.320. The fourth-order valence-corrected chi connectivity index (χ4v) is 1.65. The molecule has 1 aliphatic carbocycles. The molecule has 2 nitrogen and oxygen atoms in total. The summed E-state index contributed by atoms with van der Waals surface area (Å²) in [6, 6.07) is 7.83. The Hall–Kier alpha value is -0.860. The molecule has 11 heavy (non-hydrogen) atoms. The van der Waals surface area contributed by atoms with Crippen LogP contribution in [0.4, 0.5) is 0 Å². The molecule has 0 saturated carbocycles. The monoisotopic (exact) mass is 149 g/mol. The number of hydrogen-bond acceptors (Lipinski definition) is 2. The Morgan fingerprint density at radius 2 is 1.91 bits per heavy atom. The van der Waals surface area contributed by atoms with Crippen LogP contribution in [0.3, 0.4) is 0 Å². The number of rotatable bonds is 0. The van der Waals surface area contributed by atoms with Gasteiger partial charge in [0.1, 0.15) is 0 Å². The van der Waals surface area contributed by atoms with Gasteiger partial charge in [-0.25, -0.2) is 0 Å². The summed E-state index contributed by atoms with van der Waals surface area (Å²) in [5.74, 6) is 0. The normalized spacial score (nSPS) is 28.5. The second-order valence-electron chi connectivity index (χ2n) is 2.99. The average molecular weight is 149 g/mol. The molecule has 0 unspecified atom stereocenters. The lowest BCUT2D eigenvalue weighted by atomic mass is 10.1. The lowest BCUT2D eigenvalue weighted by molar-refractivity contribution is 0.173. The van der Waals surface area contributed by atoms with E-state index in [2.05, 4.69) is 0 Å². The molecule has 1 aliphatic rings. The minimum absolute atomic E-state index is 0.0289. The summed E-state index contributed by atoms with van der Waals surface area (Å²) in [5, 5.41) is 9.47. The van der Waals surface area contributed by atoms with E-state index in [0.29, 0.717) is 6.42 Å². The third kappa shape index (κ3) is 0.951. The largest absolute Gasteiger partial charge is 0.388 e. The predicted octanol–water partition coefficient (Wildman–Crippen LogP) is 1.12. The van der Waals surface area contributed by atoms with Crippen LogP contribution in [0.2, 0.25) is 0 Å². The molecule has 0 saturated heterocycles. The predicted molar refractivity (Wildman–Crippen MR) is 42.9 cm³/mol. The first-order valence-electron chi connectivity index (χ1n) is 3.81. The summed E-state index contributed by atoms with van der Waals surface area (Å²) in [7, 11) is 0. The maximum Gasteiger partial charge on any atom is 0.0811 e. The standard InChI is InChI=1S/C9H11NO/c10-8-5-9(11)7-4-2-1-3-6(7)8/h1-4,8-9,11H,5,10H2/t8-,9+/m0/s1. The quantitative estimate of drug-likeness (QED) is 0.580. The molecule has 0 fully saturated rings. The van der Waals surface area contributed by atoms with Crippen molar-refractivity contribution in [1.82, 2.24) is 0 Å². The van der Waals surface area contributed by atoms with E-state index in [1.807, 2.05) is 24.3 Å². The molecule has 2 heteroatoms. The molecule has 0 aromatic heterocycles. The summed E-state index contributed by atoms with van der Waals surface area (Å²) in [6.45, 7) is 0.